The number of nitrogens with zero attached hydrogens (tertiary/aromatic N) is 6. The highest BCUT2D eigenvalue weighted by atomic mass is 16.2. The minimum Gasteiger partial charge on any atom is -0.352 e. The van der Waals surface area contributed by atoms with Gasteiger partial charge in [-0.05, 0) is 48.9 Å². The summed E-state index contributed by atoms with van der Waals surface area (Å²) < 4.78 is 1.97. The van der Waals surface area contributed by atoms with Crippen molar-refractivity contribution in [3.8, 4) is 11.3 Å². The van der Waals surface area contributed by atoms with Gasteiger partial charge in [0.25, 0.3) is 5.91 Å². The zero-order valence-corrected chi connectivity index (χ0v) is 27.4. The molecule has 2 aromatic heterocycles. The van der Waals surface area contributed by atoms with Crippen molar-refractivity contribution in [1.82, 2.24) is 40.2 Å². The Kier molecular flexibility index (Phi) is 8.94. The summed E-state index contributed by atoms with van der Waals surface area (Å²) in [6.45, 7) is 1.86. The molecule has 4 aromatic rings. The highest BCUT2D eigenvalue weighted by molar-refractivity contribution is 6.38. The van der Waals surface area contributed by atoms with Crippen LogP contribution in [0.1, 0.15) is 72.5 Å². The second-order valence-corrected chi connectivity index (χ2v) is 13.0. The number of amides is 5. The summed E-state index contributed by atoms with van der Waals surface area (Å²) in [6, 6.07) is 10.9. The smallest absolute Gasteiger partial charge is 0.255 e. The molecule has 2 fully saturated rings. The third kappa shape index (κ3) is 6.80. The van der Waals surface area contributed by atoms with Crippen LogP contribution in [0.2, 0.25) is 0 Å². The van der Waals surface area contributed by atoms with Crippen LogP contribution in [-0.2, 0) is 32.3 Å². The van der Waals surface area contributed by atoms with Crippen molar-refractivity contribution in [2.75, 3.05) is 13.1 Å². The normalized spacial score (nSPS) is 18.1. The van der Waals surface area contributed by atoms with Crippen molar-refractivity contribution in [2.24, 2.45) is 0 Å². The van der Waals surface area contributed by atoms with E-state index in [-0.39, 0.29) is 49.1 Å². The number of hydrogen-bond donors (Lipinski definition) is 2. The lowest BCUT2D eigenvalue weighted by atomic mass is 9.94. The van der Waals surface area contributed by atoms with Gasteiger partial charge in [0.15, 0.2) is 0 Å². The van der Waals surface area contributed by atoms with Crippen LogP contribution in [0.25, 0.3) is 22.3 Å². The quantitative estimate of drug-likeness (QED) is 0.200. The second-order valence-electron chi connectivity index (χ2n) is 13.0. The molecular formula is C35H37BN8O5. The standard InChI is InChI=1S/C35H37BN8O5/c36-26-3-1-4-27-33(26)40-28(18-37-27)23-17-39-44(20-23)24-11-13-42(14-12-24)32(47)6-2-5-30(45)38-16-21-7-8-25-22(15-21)19-43(35(25)49)29-9-10-31(46)41-34(29)48/h1,3-4,7-8,15,17-18,20,24,29H,2,5-6,9-14,16,19,36H2,(H,38,45)(H,41,46,48). The van der Waals surface area contributed by atoms with Crippen LogP contribution >= 0.6 is 0 Å². The number of piperidine rings is 2. The molecule has 13 nitrogen and oxygen atoms in total. The molecule has 1 unspecified atom stereocenters. The van der Waals surface area contributed by atoms with Crippen molar-refractivity contribution >= 4 is 53.9 Å². The maximum atomic E-state index is 12.9. The van der Waals surface area contributed by atoms with E-state index in [0.717, 1.165) is 51.7 Å². The predicted molar refractivity (Wildman–Crippen MR) is 182 cm³/mol. The van der Waals surface area contributed by atoms with Gasteiger partial charge in [0.1, 0.15) is 13.9 Å². The van der Waals surface area contributed by atoms with E-state index in [2.05, 4.69) is 20.7 Å². The fraction of sp³-hybridized carbons (Fsp3) is 0.371. The number of para-hydroxylation sites is 1. The molecule has 14 heteroatoms. The summed E-state index contributed by atoms with van der Waals surface area (Å²) in [5.74, 6) is -1.09. The van der Waals surface area contributed by atoms with Gasteiger partial charge in [0.2, 0.25) is 23.6 Å². The molecule has 2 aromatic carbocycles. The second kappa shape index (κ2) is 13.6. The molecule has 2 saturated heterocycles. The Balaban J connectivity index is 0.834. The molecule has 5 heterocycles. The molecular weight excluding hydrogens is 623 g/mol. The number of carbonyl (C=O) groups is 5. The largest absolute Gasteiger partial charge is 0.352 e. The lowest BCUT2D eigenvalue weighted by Gasteiger charge is -2.32. The van der Waals surface area contributed by atoms with E-state index >= 15 is 0 Å². The average Bonchev–Trinajstić information content (AvgIpc) is 3.72. The summed E-state index contributed by atoms with van der Waals surface area (Å²) in [6.07, 6.45) is 8.72. The van der Waals surface area contributed by atoms with Crippen LogP contribution in [-0.4, -0.2) is 86.1 Å². The van der Waals surface area contributed by atoms with Gasteiger partial charge in [-0.1, -0.05) is 29.7 Å². The van der Waals surface area contributed by atoms with E-state index in [1.54, 1.807) is 18.3 Å². The van der Waals surface area contributed by atoms with Crippen LogP contribution in [0.5, 0.6) is 0 Å². The van der Waals surface area contributed by atoms with Gasteiger partial charge >= 0.3 is 0 Å². The van der Waals surface area contributed by atoms with Crippen LogP contribution < -0.4 is 16.1 Å². The molecule has 5 amide bonds. The summed E-state index contributed by atoms with van der Waals surface area (Å²) in [4.78, 5) is 75.0. The van der Waals surface area contributed by atoms with Crippen LogP contribution in [0.15, 0.2) is 55.0 Å². The number of carbonyl (C=O) groups excluding carboxylic acids is 5. The highest BCUT2D eigenvalue weighted by Crippen LogP contribution is 2.29. The van der Waals surface area contributed by atoms with Gasteiger partial charge in [0, 0.05) is 62.8 Å². The molecule has 0 aliphatic carbocycles. The Morgan fingerprint density at radius 2 is 1.86 bits per heavy atom. The lowest BCUT2D eigenvalue weighted by Crippen LogP contribution is -2.52. The molecule has 49 heavy (non-hydrogen) atoms. The summed E-state index contributed by atoms with van der Waals surface area (Å²) in [5.41, 5.74) is 6.69. The molecule has 7 rings (SSSR count). The number of imide groups is 1. The Morgan fingerprint density at radius 3 is 2.67 bits per heavy atom. The van der Waals surface area contributed by atoms with Gasteiger partial charge in [-0.3, -0.25) is 39.0 Å². The summed E-state index contributed by atoms with van der Waals surface area (Å²) >= 11 is 0. The van der Waals surface area contributed by atoms with Crippen LogP contribution in [0.3, 0.4) is 0 Å². The third-order valence-electron chi connectivity index (χ3n) is 9.74. The lowest BCUT2D eigenvalue weighted by molar-refractivity contribution is -0.137. The van der Waals surface area contributed by atoms with Crippen molar-refractivity contribution in [1.29, 1.82) is 0 Å². The monoisotopic (exact) mass is 660 g/mol. The van der Waals surface area contributed by atoms with E-state index in [0.29, 0.717) is 44.5 Å². The molecule has 0 saturated carbocycles. The third-order valence-corrected chi connectivity index (χ3v) is 9.74. The van der Waals surface area contributed by atoms with Gasteiger partial charge < -0.3 is 15.1 Å². The number of hydrogen-bond acceptors (Lipinski definition) is 8. The van der Waals surface area contributed by atoms with E-state index in [4.69, 9.17) is 4.98 Å². The zero-order valence-electron chi connectivity index (χ0n) is 27.4. The maximum Gasteiger partial charge on any atom is 0.255 e. The minimum atomic E-state index is -0.666. The fourth-order valence-electron chi connectivity index (χ4n) is 6.95. The van der Waals surface area contributed by atoms with Crippen molar-refractivity contribution in [2.45, 2.75) is 70.1 Å². The molecule has 3 aliphatic rings. The summed E-state index contributed by atoms with van der Waals surface area (Å²) in [7, 11) is 2.03. The van der Waals surface area contributed by atoms with Crippen LogP contribution in [0, 0.1) is 0 Å². The van der Waals surface area contributed by atoms with Gasteiger partial charge in [-0.15, -0.1) is 0 Å². The Morgan fingerprint density at radius 1 is 1.02 bits per heavy atom. The minimum absolute atomic E-state index is 0.0538. The number of rotatable bonds is 9. The first-order valence-electron chi connectivity index (χ1n) is 16.8. The first kappa shape index (κ1) is 32.2. The molecule has 1 atom stereocenters. The van der Waals surface area contributed by atoms with E-state index in [1.165, 1.54) is 4.90 Å². The SMILES string of the molecule is Bc1cccc2ncc(-c3cnn(C4CCN(C(=O)CCCC(=O)NCc5ccc6c(c5)CN(C5CCC(=O)NC5=O)C6=O)CC4)c3)nc12. The van der Waals surface area contributed by atoms with Crippen molar-refractivity contribution in [3.05, 3.63) is 71.7 Å². The topological polar surface area (TPSA) is 159 Å². The molecule has 2 N–H and O–H groups in total. The Hall–Kier alpha value is -5.40. The van der Waals surface area contributed by atoms with Gasteiger partial charge in [-0.25, -0.2) is 4.98 Å². The van der Waals surface area contributed by atoms with Crippen molar-refractivity contribution < 1.29 is 24.0 Å². The molecule has 0 spiro atoms. The van der Waals surface area contributed by atoms with Gasteiger partial charge in [-0.2, -0.15) is 5.10 Å². The van der Waals surface area contributed by atoms with Crippen LogP contribution in [0.4, 0.5) is 0 Å². The first-order valence-corrected chi connectivity index (χ1v) is 16.8. The number of benzene rings is 2. The van der Waals surface area contributed by atoms with E-state index < -0.39 is 11.9 Å². The number of fused-ring (bicyclic) bond motifs is 2. The molecule has 3 aliphatic heterocycles. The molecule has 0 bridgehead atoms. The molecule has 250 valence electrons. The van der Waals surface area contributed by atoms with Gasteiger partial charge in [0.05, 0.1) is 35.2 Å². The van der Waals surface area contributed by atoms with Crippen molar-refractivity contribution in [3.63, 3.8) is 0 Å². The summed E-state index contributed by atoms with van der Waals surface area (Å²) in [5, 5.41) is 9.82. The van der Waals surface area contributed by atoms with E-state index in [9.17, 15) is 24.0 Å². The molecule has 0 radical (unpaired) electrons. The Bertz CT molecular complexity index is 1970. The number of aromatic nitrogens is 4. The Labute approximate surface area is 283 Å². The average molecular weight is 661 g/mol. The number of likely N-dealkylation sites (tertiary alicyclic amines) is 1. The number of nitrogens with one attached hydrogen (secondary N) is 2. The zero-order chi connectivity index (χ0) is 34.1. The highest BCUT2D eigenvalue weighted by Gasteiger charge is 2.39. The maximum absolute atomic E-state index is 12.9. The van der Waals surface area contributed by atoms with E-state index in [1.807, 2.05) is 54.1 Å². The first-order chi connectivity index (χ1) is 23.7. The fourth-order valence-corrected chi connectivity index (χ4v) is 6.95. The predicted octanol–water partition coefficient (Wildman–Crippen LogP) is 1.16.